The zero-order chi connectivity index (χ0) is 13.8. The van der Waals surface area contributed by atoms with Crippen LogP contribution in [0.25, 0.3) is 0 Å². The molecule has 0 aromatic heterocycles. The quantitative estimate of drug-likeness (QED) is 0.836. The standard InChI is InChI=1S/C15H22BrFN2/c1-18-7-5-12(6-8-18)10-19(2)11-13-3-4-15(17)14(16)9-13/h3-4,9,12H,5-8,10-11H2,1-2H3. The zero-order valence-corrected chi connectivity index (χ0v) is 13.3. The average Bonchev–Trinajstić information content (AvgIpc) is 2.37. The Balaban J connectivity index is 1.83. The maximum absolute atomic E-state index is 13.2. The highest BCUT2D eigenvalue weighted by molar-refractivity contribution is 9.10. The summed E-state index contributed by atoms with van der Waals surface area (Å²) in [5.41, 5.74) is 1.16. The van der Waals surface area contributed by atoms with Gasteiger partial charge in [0.15, 0.2) is 0 Å². The molecule has 0 atom stereocenters. The summed E-state index contributed by atoms with van der Waals surface area (Å²) in [5.74, 6) is 0.604. The van der Waals surface area contributed by atoms with Crippen LogP contribution in [-0.4, -0.2) is 43.5 Å². The summed E-state index contributed by atoms with van der Waals surface area (Å²) in [5, 5.41) is 0. The van der Waals surface area contributed by atoms with Crippen LogP contribution in [0.5, 0.6) is 0 Å². The van der Waals surface area contributed by atoms with E-state index in [9.17, 15) is 4.39 Å². The Hall–Kier alpha value is -0.450. The number of hydrogen-bond donors (Lipinski definition) is 0. The number of benzene rings is 1. The Bertz CT molecular complexity index is 417. The second kappa shape index (κ2) is 6.82. The molecular weight excluding hydrogens is 307 g/mol. The topological polar surface area (TPSA) is 6.48 Å². The third-order valence-electron chi connectivity index (χ3n) is 3.84. The molecule has 1 aromatic carbocycles. The van der Waals surface area contributed by atoms with Gasteiger partial charge in [0, 0.05) is 13.1 Å². The molecule has 0 N–H and O–H groups in total. The summed E-state index contributed by atoms with van der Waals surface area (Å²) in [7, 11) is 4.34. The van der Waals surface area contributed by atoms with Gasteiger partial charge >= 0.3 is 0 Å². The van der Waals surface area contributed by atoms with Gasteiger partial charge in [-0.2, -0.15) is 0 Å². The van der Waals surface area contributed by atoms with E-state index >= 15 is 0 Å². The molecular formula is C15H22BrFN2. The lowest BCUT2D eigenvalue weighted by Gasteiger charge is -2.31. The number of rotatable bonds is 4. The van der Waals surface area contributed by atoms with E-state index in [1.807, 2.05) is 12.1 Å². The van der Waals surface area contributed by atoms with Gasteiger partial charge in [0.25, 0.3) is 0 Å². The molecule has 1 aromatic rings. The lowest BCUT2D eigenvalue weighted by Crippen LogP contribution is -2.35. The summed E-state index contributed by atoms with van der Waals surface area (Å²) < 4.78 is 13.7. The Morgan fingerprint density at radius 1 is 1.37 bits per heavy atom. The number of nitrogens with zero attached hydrogens (tertiary/aromatic N) is 2. The number of likely N-dealkylation sites (tertiary alicyclic amines) is 1. The average molecular weight is 329 g/mol. The van der Waals surface area contributed by atoms with E-state index in [0.29, 0.717) is 4.47 Å². The minimum atomic E-state index is -0.193. The molecule has 106 valence electrons. The number of hydrogen-bond acceptors (Lipinski definition) is 2. The Morgan fingerprint density at radius 3 is 2.68 bits per heavy atom. The first kappa shape index (κ1) is 14.9. The van der Waals surface area contributed by atoms with Crippen molar-refractivity contribution in [3.05, 3.63) is 34.1 Å². The van der Waals surface area contributed by atoms with Crippen LogP contribution in [0.4, 0.5) is 4.39 Å². The van der Waals surface area contributed by atoms with Gasteiger partial charge in [-0.1, -0.05) is 6.07 Å². The van der Waals surface area contributed by atoms with Gasteiger partial charge in [-0.3, -0.25) is 0 Å². The second-order valence-corrected chi connectivity index (χ2v) is 6.55. The predicted molar refractivity (Wildman–Crippen MR) is 80.7 cm³/mol. The molecule has 0 bridgehead atoms. The first-order valence-electron chi connectivity index (χ1n) is 6.85. The largest absolute Gasteiger partial charge is 0.306 e. The number of halogens is 2. The van der Waals surface area contributed by atoms with Crippen molar-refractivity contribution in [2.24, 2.45) is 5.92 Å². The van der Waals surface area contributed by atoms with Crippen LogP contribution in [-0.2, 0) is 6.54 Å². The molecule has 2 nitrogen and oxygen atoms in total. The van der Waals surface area contributed by atoms with Crippen LogP contribution < -0.4 is 0 Å². The fourth-order valence-corrected chi connectivity index (χ4v) is 3.13. The minimum absolute atomic E-state index is 0.193. The molecule has 0 saturated carbocycles. The van der Waals surface area contributed by atoms with Crippen molar-refractivity contribution in [1.29, 1.82) is 0 Å². The third-order valence-corrected chi connectivity index (χ3v) is 4.45. The van der Waals surface area contributed by atoms with E-state index in [2.05, 4.69) is 39.8 Å². The van der Waals surface area contributed by atoms with Crippen LogP contribution in [0.1, 0.15) is 18.4 Å². The van der Waals surface area contributed by atoms with Crippen molar-refractivity contribution in [3.8, 4) is 0 Å². The Morgan fingerprint density at radius 2 is 2.05 bits per heavy atom. The van der Waals surface area contributed by atoms with E-state index in [1.165, 1.54) is 32.0 Å². The molecule has 0 amide bonds. The van der Waals surface area contributed by atoms with Gasteiger partial charge in [-0.25, -0.2) is 4.39 Å². The Labute approximate surface area is 123 Å². The molecule has 1 saturated heterocycles. The molecule has 1 heterocycles. The van der Waals surface area contributed by atoms with E-state index in [-0.39, 0.29) is 5.82 Å². The predicted octanol–water partition coefficient (Wildman–Crippen LogP) is 3.36. The van der Waals surface area contributed by atoms with E-state index in [4.69, 9.17) is 0 Å². The summed E-state index contributed by atoms with van der Waals surface area (Å²) in [6, 6.07) is 5.27. The maximum atomic E-state index is 13.2. The first-order chi connectivity index (χ1) is 9.04. The number of piperidine rings is 1. The second-order valence-electron chi connectivity index (χ2n) is 5.69. The first-order valence-corrected chi connectivity index (χ1v) is 7.65. The van der Waals surface area contributed by atoms with Crippen molar-refractivity contribution in [1.82, 2.24) is 9.80 Å². The molecule has 0 spiro atoms. The third kappa shape index (κ3) is 4.55. The highest BCUT2D eigenvalue weighted by atomic mass is 79.9. The van der Waals surface area contributed by atoms with Crippen LogP contribution in [0.15, 0.2) is 22.7 Å². The molecule has 2 rings (SSSR count). The molecule has 0 radical (unpaired) electrons. The van der Waals surface area contributed by atoms with Crippen molar-refractivity contribution in [2.75, 3.05) is 33.7 Å². The van der Waals surface area contributed by atoms with E-state index in [1.54, 1.807) is 0 Å². The van der Waals surface area contributed by atoms with Crippen LogP contribution in [0.3, 0.4) is 0 Å². The van der Waals surface area contributed by atoms with Gasteiger partial charge in [-0.15, -0.1) is 0 Å². The Kier molecular flexibility index (Phi) is 5.37. The SMILES string of the molecule is CN1CCC(CN(C)Cc2ccc(F)c(Br)c2)CC1. The summed E-state index contributed by atoms with van der Waals surface area (Å²) in [6.07, 6.45) is 2.57. The molecule has 1 aliphatic rings. The van der Waals surface area contributed by atoms with Crippen LogP contribution in [0.2, 0.25) is 0 Å². The minimum Gasteiger partial charge on any atom is -0.306 e. The molecule has 0 unspecified atom stereocenters. The van der Waals surface area contributed by atoms with Gasteiger partial charge < -0.3 is 9.80 Å². The molecule has 19 heavy (non-hydrogen) atoms. The fraction of sp³-hybridized carbons (Fsp3) is 0.600. The monoisotopic (exact) mass is 328 g/mol. The van der Waals surface area contributed by atoms with Crippen molar-refractivity contribution >= 4 is 15.9 Å². The van der Waals surface area contributed by atoms with Crippen molar-refractivity contribution < 1.29 is 4.39 Å². The van der Waals surface area contributed by atoms with E-state index < -0.39 is 0 Å². The lowest BCUT2D eigenvalue weighted by molar-refractivity contribution is 0.173. The fourth-order valence-electron chi connectivity index (χ4n) is 2.70. The van der Waals surface area contributed by atoms with Gasteiger partial charge in [0.1, 0.15) is 5.82 Å². The molecule has 0 aliphatic carbocycles. The molecule has 1 aliphatic heterocycles. The van der Waals surface area contributed by atoms with Gasteiger partial charge in [0.2, 0.25) is 0 Å². The van der Waals surface area contributed by atoms with Gasteiger partial charge in [0.05, 0.1) is 4.47 Å². The van der Waals surface area contributed by atoms with Crippen LogP contribution in [0, 0.1) is 11.7 Å². The smallest absolute Gasteiger partial charge is 0.137 e. The lowest BCUT2D eigenvalue weighted by atomic mass is 9.96. The van der Waals surface area contributed by atoms with E-state index in [0.717, 1.165) is 24.6 Å². The normalized spacial score (nSPS) is 18.2. The highest BCUT2D eigenvalue weighted by Crippen LogP contribution is 2.20. The zero-order valence-electron chi connectivity index (χ0n) is 11.7. The molecule has 4 heteroatoms. The molecule has 1 fully saturated rings. The van der Waals surface area contributed by atoms with Crippen LogP contribution >= 0.6 is 15.9 Å². The van der Waals surface area contributed by atoms with Crippen molar-refractivity contribution in [3.63, 3.8) is 0 Å². The highest BCUT2D eigenvalue weighted by Gasteiger charge is 2.18. The maximum Gasteiger partial charge on any atom is 0.137 e. The van der Waals surface area contributed by atoms with Gasteiger partial charge in [-0.05, 0) is 79.6 Å². The summed E-state index contributed by atoms with van der Waals surface area (Å²) in [4.78, 5) is 4.74. The van der Waals surface area contributed by atoms with Crippen molar-refractivity contribution in [2.45, 2.75) is 19.4 Å². The summed E-state index contributed by atoms with van der Waals surface area (Å²) >= 11 is 3.24. The summed E-state index contributed by atoms with van der Waals surface area (Å²) in [6.45, 7) is 4.43.